The number of nitrogens with two attached hydrogens (primary N) is 1. The third kappa shape index (κ3) is 3.10. The van der Waals surface area contributed by atoms with Crippen LogP contribution < -0.4 is 5.73 Å². The van der Waals surface area contributed by atoms with Gasteiger partial charge in [0.2, 0.25) is 0 Å². The van der Waals surface area contributed by atoms with E-state index in [1.807, 2.05) is 25.1 Å². The van der Waals surface area contributed by atoms with Gasteiger partial charge < -0.3 is 15.6 Å². The Labute approximate surface area is 84.5 Å². The highest BCUT2D eigenvalue weighted by Gasteiger charge is 2.09. The summed E-state index contributed by atoms with van der Waals surface area (Å²) < 4.78 is 5.41. The first-order valence-electron chi connectivity index (χ1n) is 4.77. The summed E-state index contributed by atoms with van der Waals surface area (Å²) in [6, 6.07) is 8.05. The van der Waals surface area contributed by atoms with Crippen molar-refractivity contribution in [1.82, 2.24) is 0 Å². The van der Waals surface area contributed by atoms with Crippen LogP contribution in [0.1, 0.15) is 17.2 Å². The van der Waals surface area contributed by atoms with Crippen molar-refractivity contribution in [1.29, 1.82) is 0 Å². The van der Waals surface area contributed by atoms with Crippen molar-refractivity contribution in [3.63, 3.8) is 0 Å². The second-order valence-electron chi connectivity index (χ2n) is 3.23. The van der Waals surface area contributed by atoms with E-state index in [9.17, 15) is 0 Å². The average Bonchev–Trinajstić information content (AvgIpc) is 2.19. The molecule has 0 saturated heterocycles. The number of aliphatic hydroxyl groups excluding tert-OH is 1. The number of ether oxygens (including phenoxy) is 1. The summed E-state index contributed by atoms with van der Waals surface area (Å²) in [5, 5.41) is 8.65. The van der Waals surface area contributed by atoms with Gasteiger partial charge in [-0.25, -0.2) is 0 Å². The first-order valence-corrected chi connectivity index (χ1v) is 4.77. The molecule has 0 amide bonds. The molecule has 0 aliphatic rings. The molecular weight excluding hydrogens is 178 g/mol. The number of rotatable bonds is 5. The van der Waals surface area contributed by atoms with Gasteiger partial charge in [0.25, 0.3) is 0 Å². The van der Waals surface area contributed by atoms with Crippen LogP contribution in [0, 0.1) is 6.92 Å². The molecule has 1 aromatic carbocycles. The Hall–Kier alpha value is -0.900. The Morgan fingerprint density at radius 2 is 2.29 bits per heavy atom. The maximum Gasteiger partial charge on any atom is 0.0948 e. The lowest BCUT2D eigenvalue weighted by atomic mass is 10.1. The van der Waals surface area contributed by atoms with Crippen molar-refractivity contribution in [3.8, 4) is 0 Å². The Balaban J connectivity index is 2.68. The zero-order valence-electron chi connectivity index (χ0n) is 8.44. The topological polar surface area (TPSA) is 55.5 Å². The summed E-state index contributed by atoms with van der Waals surface area (Å²) in [5.41, 5.74) is 7.85. The van der Waals surface area contributed by atoms with Crippen molar-refractivity contribution in [2.75, 3.05) is 19.8 Å². The fourth-order valence-electron chi connectivity index (χ4n) is 1.37. The Morgan fingerprint density at radius 3 is 2.86 bits per heavy atom. The maximum atomic E-state index is 8.65. The van der Waals surface area contributed by atoms with Gasteiger partial charge >= 0.3 is 0 Å². The fraction of sp³-hybridized carbons (Fsp3) is 0.455. The van der Waals surface area contributed by atoms with Gasteiger partial charge in [0, 0.05) is 6.54 Å². The lowest BCUT2D eigenvalue weighted by Crippen LogP contribution is -2.17. The summed E-state index contributed by atoms with van der Waals surface area (Å²) >= 11 is 0. The van der Waals surface area contributed by atoms with Crippen molar-refractivity contribution in [2.45, 2.75) is 13.0 Å². The average molecular weight is 195 g/mol. The van der Waals surface area contributed by atoms with Crippen LogP contribution in [0.25, 0.3) is 0 Å². The number of aryl methyl sites for hydroxylation is 1. The normalized spacial score (nSPS) is 12.8. The minimum atomic E-state index is -0.109. The smallest absolute Gasteiger partial charge is 0.0948 e. The lowest BCUT2D eigenvalue weighted by molar-refractivity contribution is 0.0328. The first-order chi connectivity index (χ1) is 6.77. The molecule has 3 nitrogen and oxygen atoms in total. The standard InChI is InChI=1S/C11H17NO2/c1-9-3-2-4-10(7-9)11(8-12)14-6-5-13/h2-4,7,11,13H,5-6,8,12H2,1H3. The molecule has 0 saturated carbocycles. The van der Waals surface area contributed by atoms with E-state index in [2.05, 4.69) is 6.07 Å². The minimum Gasteiger partial charge on any atom is -0.394 e. The van der Waals surface area contributed by atoms with Gasteiger partial charge in [-0.15, -0.1) is 0 Å². The molecule has 1 unspecified atom stereocenters. The highest BCUT2D eigenvalue weighted by Crippen LogP contribution is 2.16. The maximum absolute atomic E-state index is 8.65. The molecule has 3 N–H and O–H groups in total. The lowest BCUT2D eigenvalue weighted by Gasteiger charge is -2.16. The number of hydrogen-bond donors (Lipinski definition) is 2. The van der Waals surface area contributed by atoms with Gasteiger partial charge in [-0.1, -0.05) is 29.8 Å². The number of aliphatic hydroxyl groups is 1. The third-order valence-corrected chi connectivity index (χ3v) is 2.04. The fourth-order valence-corrected chi connectivity index (χ4v) is 1.37. The molecule has 1 atom stereocenters. The Bertz CT molecular complexity index is 276. The van der Waals surface area contributed by atoms with Gasteiger partial charge in [-0.3, -0.25) is 0 Å². The van der Waals surface area contributed by atoms with E-state index in [1.54, 1.807) is 0 Å². The largest absolute Gasteiger partial charge is 0.394 e. The van der Waals surface area contributed by atoms with E-state index in [1.165, 1.54) is 5.56 Å². The van der Waals surface area contributed by atoms with Gasteiger partial charge in [0.05, 0.1) is 19.3 Å². The number of benzene rings is 1. The Kier molecular flexibility index (Phi) is 4.59. The predicted octanol–water partition coefficient (Wildman–Crippen LogP) is 1.00. The first kappa shape index (κ1) is 11.2. The molecule has 0 aliphatic carbocycles. The van der Waals surface area contributed by atoms with Crippen molar-refractivity contribution >= 4 is 0 Å². The molecule has 0 bridgehead atoms. The van der Waals surface area contributed by atoms with Crippen molar-refractivity contribution in [2.24, 2.45) is 5.73 Å². The molecular formula is C11H17NO2. The van der Waals surface area contributed by atoms with Crippen LogP contribution in [0.5, 0.6) is 0 Å². The van der Waals surface area contributed by atoms with E-state index in [-0.39, 0.29) is 12.7 Å². The van der Waals surface area contributed by atoms with Crippen LogP contribution in [0.3, 0.4) is 0 Å². The molecule has 0 spiro atoms. The van der Waals surface area contributed by atoms with Crippen LogP contribution in [0.4, 0.5) is 0 Å². The van der Waals surface area contributed by atoms with Crippen LogP contribution in [-0.4, -0.2) is 24.9 Å². The highest BCUT2D eigenvalue weighted by atomic mass is 16.5. The van der Waals surface area contributed by atoms with E-state index in [4.69, 9.17) is 15.6 Å². The zero-order chi connectivity index (χ0) is 10.4. The van der Waals surface area contributed by atoms with Crippen LogP contribution in [-0.2, 0) is 4.74 Å². The molecule has 0 aliphatic heterocycles. The Morgan fingerprint density at radius 1 is 1.50 bits per heavy atom. The zero-order valence-corrected chi connectivity index (χ0v) is 8.44. The number of hydrogen-bond acceptors (Lipinski definition) is 3. The van der Waals surface area contributed by atoms with Gasteiger partial charge in [0.15, 0.2) is 0 Å². The minimum absolute atomic E-state index is 0.0301. The quantitative estimate of drug-likeness (QED) is 0.737. The van der Waals surface area contributed by atoms with Gasteiger partial charge in [0.1, 0.15) is 0 Å². The summed E-state index contributed by atoms with van der Waals surface area (Å²) in [6.45, 7) is 2.82. The van der Waals surface area contributed by atoms with Crippen LogP contribution in [0.2, 0.25) is 0 Å². The van der Waals surface area contributed by atoms with Gasteiger partial charge in [-0.2, -0.15) is 0 Å². The summed E-state index contributed by atoms with van der Waals surface area (Å²) in [6.07, 6.45) is -0.109. The van der Waals surface area contributed by atoms with E-state index < -0.39 is 0 Å². The van der Waals surface area contributed by atoms with Crippen LogP contribution in [0.15, 0.2) is 24.3 Å². The van der Waals surface area contributed by atoms with Crippen LogP contribution >= 0.6 is 0 Å². The molecule has 0 heterocycles. The monoisotopic (exact) mass is 195 g/mol. The molecule has 1 aromatic rings. The van der Waals surface area contributed by atoms with Crippen molar-refractivity contribution in [3.05, 3.63) is 35.4 Å². The van der Waals surface area contributed by atoms with E-state index in [0.29, 0.717) is 13.2 Å². The van der Waals surface area contributed by atoms with E-state index in [0.717, 1.165) is 5.56 Å². The van der Waals surface area contributed by atoms with Gasteiger partial charge in [-0.05, 0) is 12.5 Å². The predicted molar refractivity (Wildman–Crippen MR) is 56.0 cm³/mol. The molecule has 14 heavy (non-hydrogen) atoms. The molecule has 0 aromatic heterocycles. The second-order valence-corrected chi connectivity index (χ2v) is 3.23. The molecule has 0 fully saturated rings. The third-order valence-electron chi connectivity index (χ3n) is 2.04. The SMILES string of the molecule is Cc1cccc(C(CN)OCCO)c1. The molecule has 0 radical (unpaired) electrons. The van der Waals surface area contributed by atoms with E-state index >= 15 is 0 Å². The second kappa shape index (κ2) is 5.75. The molecule has 3 heteroatoms. The summed E-state index contributed by atoms with van der Waals surface area (Å²) in [4.78, 5) is 0. The summed E-state index contributed by atoms with van der Waals surface area (Å²) in [7, 11) is 0. The summed E-state index contributed by atoms with van der Waals surface area (Å²) in [5.74, 6) is 0. The van der Waals surface area contributed by atoms with Crippen molar-refractivity contribution < 1.29 is 9.84 Å². The molecule has 1 rings (SSSR count). The highest BCUT2D eigenvalue weighted by molar-refractivity contribution is 5.24. The molecule has 78 valence electrons.